The molecule has 6 N–H and O–H groups in total. The third kappa shape index (κ3) is 10.1. The summed E-state index contributed by atoms with van der Waals surface area (Å²) in [7, 11) is 0. The Morgan fingerprint density at radius 1 is 0.909 bits per heavy atom. The third-order valence-corrected chi connectivity index (χ3v) is 4.55. The maximum atomic E-state index is 12.2. The Bertz CT molecular complexity index is 976. The van der Waals surface area contributed by atoms with E-state index in [1.165, 1.54) is 6.21 Å². The maximum absolute atomic E-state index is 12.2. The number of carboxylic acids is 1. The Labute approximate surface area is 191 Å². The highest BCUT2D eigenvalue weighted by Gasteiger charge is 2.20. The van der Waals surface area contributed by atoms with Gasteiger partial charge < -0.3 is 26.9 Å². The van der Waals surface area contributed by atoms with Crippen molar-refractivity contribution in [1.82, 2.24) is 10.6 Å². The number of nitrogens with two attached hydrogens (primary N) is 1. The van der Waals surface area contributed by atoms with Crippen LogP contribution in [0.2, 0.25) is 0 Å². The molecule has 2 rings (SSSR count). The van der Waals surface area contributed by atoms with E-state index in [0.29, 0.717) is 12.2 Å². The monoisotopic (exact) mass is 453 g/mol. The highest BCUT2D eigenvalue weighted by Crippen LogP contribution is 2.09. The van der Waals surface area contributed by atoms with Crippen LogP contribution in [-0.2, 0) is 25.7 Å². The first-order chi connectivity index (χ1) is 15.9. The van der Waals surface area contributed by atoms with Gasteiger partial charge in [-0.3, -0.25) is 19.2 Å². The van der Waals surface area contributed by atoms with E-state index in [0.717, 1.165) is 11.1 Å². The normalized spacial score (nSPS) is 11.5. The van der Waals surface area contributed by atoms with Crippen LogP contribution in [0.25, 0.3) is 0 Å². The second kappa shape index (κ2) is 13.3. The first-order valence-corrected chi connectivity index (χ1v) is 10.3. The second-order valence-corrected chi connectivity index (χ2v) is 7.28. The molecule has 0 radical (unpaired) electrons. The lowest BCUT2D eigenvalue weighted by Gasteiger charge is -2.17. The molecule has 0 aromatic heterocycles. The molecule has 0 saturated heterocycles. The maximum Gasteiger partial charge on any atom is 0.305 e. The number of hydrogen-bond acceptors (Lipinski definition) is 6. The number of hydrogen-bond donors (Lipinski definition) is 5. The molecule has 2 aromatic rings. The molecule has 2 aromatic carbocycles. The van der Waals surface area contributed by atoms with Crippen molar-refractivity contribution in [3.8, 4) is 0 Å². The van der Waals surface area contributed by atoms with Crippen LogP contribution < -0.4 is 21.8 Å². The number of carbonyl (C=O) groups excluding carboxylic acids is 3. The average Bonchev–Trinajstić information content (AvgIpc) is 2.78. The zero-order valence-corrected chi connectivity index (χ0v) is 18.0. The van der Waals surface area contributed by atoms with Gasteiger partial charge in [0, 0.05) is 37.5 Å². The number of rotatable bonds is 12. The number of carboxylic acid groups (broad SMARTS) is 1. The summed E-state index contributed by atoms with van der Waals surface area (Å²) >= 11 is 0. The molecule has 174 valence electrons. The summed E-state index contributed by atoms with van der Waals surface area (Å²) in [6, 6.07) is 15.2. The SMILES string of the molecule is NN=Cc1ccc(NC(=O)CCC(=O)NC(CC(=O)O)CC(=O)NCc2ccccc2)cc1. The smallest absolute Gasteiger partial charge is 0.305 e. The van der Waals surface area contributed by atoms with Crippen molar-refractivity contribution >= 4 is 35.6 Å². The molecule has 0 spiro atoms. The Morgan fingerprint density at radius 2 is 1.58 bits per heavy atom. The van der Waals surface area contributed by atoms with Gasteiger partial charge in [-0.25, -0.2) is 0 Å². The third-order valence-electron chi connectivity index (χ3n) is 4.55. The van der Waals surface area contributed by atoms with Crippen LogP contribution in [0.3, 0.4) is 0 Å². The molecule has 1 unspecified atom stereocenters. The van der Waals surface area contributed by atoms with Gasteiger partial charge in [-0.1, -0.05) is 42.5 Å². The Balaban J connectivity index is 1.78. The molecule has 10 nitrogen and oxygen atoms in total. The fraction of sp³-hybridized carbons (Fsp3) is 0.261. The molecule has 0 bridgehead atoms. The Hall–Kier alpha value is -4.21. The molecule has 0 heterocycles. The second-order valence-electron chi connectivity index (χ2n) is 7.28. The first-order valence-electron chi connectivity index (χ1n) is 10.3. The summed E-state index contributed by atoms with van der Waals surface area (Å²) in [6.07, 6.45) is 0.624. The number of anilines is 1. The van der Waals surface area contributed by atoms with Crippen LogP contribution in [0.15, 0.2) is 59.7 Å². The van der Waals surface area contributed by atoms with Gasteiger partial charge in [0.2, 0.25) is 17.7 Å². The largest absolute Gasteiger partial charge is 0.481 e. The van der Waals surface area contributed by atoms with Crippen LogP contribution in [-0.4, -0.2) is 41.1 Å². The highest BCUT2D eigenvalue weighted by atomic mass is 16.4. The number of hydrazone groups is 1. The molecule has 0 fully saturated rings. The zero-order valence-electron chi connectivity index (χ0n) is 18.0. The van der Waals surface area contributed by atoms with E-state index in [1.807, 2.05) is 30.3 Å². The molecule has 0 saturated carbocycles. The number of aliphatic carboxylic acids is 1. The highest BCUT2D eigenvalue weighted by molar-refractivity contribution is 5.93. The van der Waals surface area contributed by atoms with Crippen molar-refractivity contribution in [2.45, 2.75) is 38.3 Å². The minimum Gasteiger partial charge on any atom is -0.481 e. The number of amides is 3. The summed E-state index contributed by atoms with van der Waals surface area (Å²) in [6.45, 7) is 0.299. The number of nitrogens with zero attached hydrogens (tertiary/aromatic N) is 1. The fourth-order valence-electron chi connectivity index (χ4n) is 2.97. The van der Waals surface area contributed by atoms with Gasteiger partial charge >= 0.3 is 5.97 Å². The van der Waals surface area contributed by atoms with E-state index in [9.17, 15) is 19.2 Å². The van der Waals surface area contributed by atoms with Crippen molar-refractivity contribution in [1.29, 1.82) is 0 Å². The van der Waals surface area contributed by atoms with Gasteiger partial charge in [-0.2, -0.15) is 5.10 Å². The van der Waals surface area contributed by atoms with E-state index in [4.69, 9.17) is 10.9 Å². The van der Waals surface area contributed by atoms with Crippen molar-refractivity contribution in [3.05, 3.63) is 65.7 Å². The van der Waals surface area contributed by atoms with Gasteiger partial charge in [-0.15, -0.1) is 0 Å². The summed E-state index contributed by atoms with van der Waals surface area (Å²) < 4.78 is 0. The van der Waals surface area contributed by atoms with Crippen LogP contribution in [0.4, 0.5) is 5.69 Å². The van der Waals surface area contributed by atoms with Crippen molar-refractivity contribution in [2.24, 2.45) is 10.9 Å². The number of benzene rings is 2. The van der Waals surface area contributed by atoms with Crippen molar-refractivity contribution < 1.29 is 24.3 Å². The van der Waals surface area contributed by atoms with Gasteiger partial charge in [-0.05, 0) is 23.3 Å². The fourth-order valence-corrected chi connectivity index (χ4v) is 2.97. The molecule has 10 heteroatoms. The van der Waals surface area contributed by atoms with Gasteiger partial charge in [0.15, 0.2) is 0 Å². The summed E-state index contributed by atoms with van der Waals surface area (Å²) in [5.74, 6) is 2.67. The van der Waals surface area contributed by atoms with Gasteiger partial charge in [0.05, 0.1) is 12.6 Å². The van der Waals surface area contributed by atoms with E-state index < -0.39 is 24.3 Å². The van der Waals surface area contributed by atoms with Crippen molar-refractivity contribution in [3.63, 3.8) is 0 Å². The molecular formula is C23H27N5O5. The molecule has 0 aliphatic rings. The minimum atomic E-state index is -1.14. The summed E-state index contributed by atoms with van der Waals surface area (Å²) in [5, 5.41) is 20.4. The first kappa shape index (κ1) is 25.1. The quantitative estimate of drug-likeness (QED) is 0.185. The number of carbonyl (C=O) groups is 4. The van der Waals surface area contributed by atoms with Crippen LogP contribution in [0.5, 0.6) is 0 Å². The summed E-state index contributed by atoms with van der Waals surface area (Å²) in [5.41, 5.74) is 2.22. The molecule has 33 heavy (non-hydrogen) atoms. The van der Waals surface area contributed by atoms with Gasteiger partial charge in [0.1, 0.15) is 0 Å². The standard InChI is InChI=1S/C23H27N5O5/c24-26-15-17-6-8-18(9-7-17)27-20(29)10-11-21(30)28-19(13-23(32)33)12-22(31)25-14-16-4-2-1-3-5-16/h1-9,15,19H,10-14,24H2,(H,25,31)(H,27,29)(H,28,30)(H,32,33). The molecule has 0 aliphatic heterocycles. The Morgan fingerprint density at radius 3 is 2.21 bits per heavy atom. The van der Waals surface area contributed by atoms with Crippen LogP contribution >= 0.6 is 0 Å². The van der Waals surface area contributed by atoms with E-state index in [1.54, 1.807) is 24.3 Å². The molecule has 0 aliphatic carbocycles. The lowest BCUT2D eigenvalue weighted by atomic mass is 10.1. The predicted molar refractivity (Wildman–Crippen MR) is 123 cm³/mol. The lowest BCUT2D eigenvalue weighted by molar-refractivity contribution is -0.138. The lowest BCUT2D eigenvalue weighted by Crippen LogP contribution is -2.40. The number of nitrogens with one attached hydrogen (secondary N) is 3. The summed E-state index contributed by atoms with van der Waals surface area (Å²) in [4.78, 5) is 47.6. The average molecular weight is 453 g/mol. The topological polar surface area (TPSA) is 163 Å². The van der Waals surface area contributed by atoms with Gasteiger partial charge in [0.25, 0.3) is 0 Å². The van der Waals surface area contributed by atoms with E-state index in [2.05, 4.69) is 21.1 Å². The Kier molecular flexibility index (Phi) is 10.1. The van der Waals surface area contributed by atoms with Crippen molar-refractivity contribution in [2.75, 3.05) is 5.32 Å². The zero-order chi connectivity index (χ0) is 24.1. The van der Waals surface area contributed by atoms with E-state index >= 15 is 0 Å². The predicted octanol–water partition coefficient (Wildman–Crippen LogP) is 1.36. The molecule has 3 amide bonds. The minimum absolute atomic E-state index is 0.0994. The molecule has 1 atom stereocenters. The van der Waals surface area contributed by atoms with Crippen LogP contribution in [0.1, 0.15) is 36.8 Å². The molecular weight excluding hydrogens is 426 g/mol. The van der Waals surface area contributed by atoms with E-state index in [-0.39, 0.29) is 31.1 Å². The van der Waals surface area contributed by atoms with Crippen LogP contribution in [0, 0.1) is 0 Å².